The molecule has 0 bridgehead atoms. The molecule has 0 amide bonds. The van der Waals surface area contributed by atoms with Crippen LogP contribution < -0.4 is 0 Å². The minimum Gasteiger partial charge on any atom is -0.244 e. The Morgan fingerprint density at radius 1 is 0.643 bits per heavy atom. The van der Waals surface area contributed by atoms with E-state index in [1.165, 1.54) is 41.2 Å². The molecule has 0 N–H and O–H groups in total. The van der Waals surface area contributed by atoms with Gasteiger partial charge in [0.15, 0.2) is 19.7 Å². The molecule has 2 aromatic heterocycles. The van der Waals surface area contributed by atoms with Gasteiger partial charge in [-0.1, -0.05) is 71.1 Å². The third-order valence-electron chi connectivity index (χ3n) is 7.05. The summed E-state index contributed by atoms with van der Waals surface area (Å²) in [4.78, 5) is 0.189. The lowest BCUT2D eigenvalue weighted by molar-refractivity contribution is 0.445. The van der Waals surface area contributed by atoms with Crippen LogP contribution in [0.1, 0.15) is 0 Å². The van der Waals surface area contributed by atoms with E-state index in [4.69, 9.17) is 0 Å². The zero-order valence-electron chi connectivity index (χ0n) is 22.2. The predicted octanol–water partition coefficient (Wildman–Crippen LogP) is 4.28. The van der Waals surface area contributed by atoms with Gasteiger partial charge in [-0.2, -0.15) is 0 Å². The number of nitrogens with zero attached hydrogens (tertiary/aromatic N) is 6. The highest BCUT2D eigenvalue weighted by molar-refractivity contribution is 7.93. The number of benzene rings is 4. The number of para-hydroxylation sites is 2. The fourth-order valence-corrected chi connectivity index (χ4v) is 8.56. The summed E-state index contributed by atoms with van der Waals surface area (Å²) in [6.07, 6.45) is 3.02. The molecule has 0 aliphatic heterocycles. The van der Waals surface area contributed by atoms with Gasteiger partial charge in [0.25, 0.3) is 0 Å². The second-order valence-corrected chi connectivity index (χ2v) is 13.9. The van der Waals surface area contributed by atoms with Crippen LogP contribution in [0.4, 0.5) is 0 Å². The van der Waals surface area contributed by atoms with E-state index in [-0.39, 0.29) is 16.3 Å². The van der Waals surface area contributed by atoms with Gasteiger partial charge in [-0.15, -0.1) is 10.2 Å². The average molecular weight is 599 g/mol. The van der Waals surface area contributed by atoms with Gasteiger partial charge in [0, 0.05) is 18.7 Å². The number of fused-ring (bicyclic) bond motifs is 2. The molecule has 2 atom stereocenters. The SMILES string of the molecule is O=S(=O)(CC(Cn1nnc2ccccc21)C(/C=C/n1nnc2ccccc21)S(=O)(=O)c1ccccc1)c1ccccc1. The summed E-state index contributed by atoms with van der Waals surface area (Å²) in [5, 5.41) is 15.5. The molecule has 6 rings (SSSR count). The molecule has 0 saturated heterocycles. The summed E-state index contributed by atoms with van der Waals surface area (Å²) in [6.45, 7) is -0.0221. The number of hydrogen-bond acceptors (Lipinski definition) is 8. The van der Waals surface area contributed by atoms with Crippen molar-refractivity contribution in [1.82, 2.24) is 30.0 Å². The van der Waals surface area contributed by atoms with E-state index >= 15 is 0 Å². The summed E-state index contributed by atoms with van der Waals surface area (Å²) in [7, 11) is -8.00. The van der Waals surface area contributed by atoms with E-state index in [2.05, 4.69) is 20.6 Å². The maximum Gasteiger partial charge on any atom is 0.185 e. The van der Waals surface area contributed by atoms with Crippen LogP contribution in [0.2, 0.25) is 0 Å². The predicted molar refractivity (Wildman–Crippen MR) is 160 cm³/mol. The van der Waals surface area contributed by atoms with Crippen LogP contribution >= 0.6 is 0 Å². The minimum absolute atomic E-state index is 0.0221. The number of sulfone groups is 2. The Bertz CT molecular complexity index is 2090. The first kappa shape index (κ1) is 27.5. The van der Waals surface area contributed by atoms with Crippen LogP contribution in [0.15, 0.2) is 125 Å². The summed E-state index contributed by atoms with van der Waals surface area (Å²) in [5.41, 5.74) is 2.61. The first-order valence-corrected chi connectivity index (χ1v) is 16.4. The molecule has 2 heterocycles. The summed E-state index contributed by atoms with van der Waals surface area (Å²) in [5.74, 6) is -1.42. The van der Waals surface area contributed by atoms with Gasteiger partial charge in [0.1, 0.15) is 11.0 Å². The van der Waals surface area contributed by atoms with Gasteiger partial charge in [-0.05, 0) is 54.6 Å². The Balaban J connectivity index is 1.50. The normalized spacial score (nSPS) is 14.0. The van der Waals surface area contributed by atoms with Gasteiger partial charge in [-0.25, -0.2) is 26.2 Å². The van der Waals surface area contributed by atoms with Crippen LogP contribution in [-0.4, -0.2) is 57.8 Å². The first-order chi connectivity index (χ1) is 20.3. The summed E-state index contributed by atoms with van der Waals surface area (Å²) < 4.78 is 59.0. The molecule has 0 aliphatic carbocycles. The first-order valence-electron chi connectivity index (χ1n) is 13.2. The maximum atomic E-state index is 14.3. The largest absolute Gasteiger partial charge is 0.244 e. The zero-order chi connectivity index (χ0) is 29.2. The van der Waals surface area contributed by atoms with Crippen LogP contribution in [0.3, 0.4) is 0 Å². The topological polar surface area (TPSA) is 130 Å². The van der Waals surface area contributed by atoms with Crippen molar-refractivity contribution in [2.75, 3.05) is 5.75 Å². The van der Waals surface area contributed by atoms with Crippen LogP contribution in [0.5, 0.6) is 0 Å². The van der Waals surface area contributed by atoms with Crippen LogP contribution in [0.25, 0.3) is 28.3 Å². The van der Waals surface area contributed by atoms with Crippen molar-refractivity contribution in [1.29, 1.82) is 0 Å². The number of aromatic nitrogens is 6. The second-order valence-electron chi connectivity index (χ2n) is 9.80. The van der Waals surface area contributed by atoms with Crippen molar-refractivity contribution in [3.63, 3.8) is 0 Å². The molecule has 4 aromatic carbocycles. The molecule has 0 spiro atoms. The lowest BCUT2D eigenvalue weighted by Gasteiger charge is -2.25. The Kier molecular flexibility index (Phi) is 7.40. The molecule has 10 nitrogen and oxygen atoms in total. The fourth-order valence-electron chi connectivity index (χ4n) is 4.98. The summed E-state index contributed by atoms with van der Waals surface area (Å²) >= 11 is 0. The van der Waals surface area contributed by atoms with Crippen LogP contribution in [-0.2, 0) is 26.2 Å². The van der Waals surface area contributed by atoms with Gasteiger partial charge in [0.05, 0.1) is 31.8 Å². The third kappa shape index (κ3) is 5.46. The molecular weight excluding hydrogens is 573 g/mol. The van der Waals surface area contributed by atoms with Crippen molar-refractivity contribution in [3.8, 4) is 0 Å². The van der Waals surface area contributed by atoms with Crippen molar-refractivity contribution >= 4 is 47.9 Å². The Labute approximate surface area is 242 Å². The Morgan fingerprint density at radius 3 is 1.88 bits per heavy atom. The molecule has 212 valence electrons. The molecule has 0 radical (unpaired) electrons. The number of rotatable bonds is 10. The van der Waals surface area contributed by atoms with Gasteiger partial charge >= 0.3 is 0 Å². The standard InChI is InChI=1S/C30H26N6O4S2/c37-41(38,24-11-3-1-4-12-24)22-23(21-36-29-18-10-8-16-27(29)32-34-36)30(42(39,40)25-13-5-2-6-14-25)19-20-35-28-17-9-7-15-26(28)31-33-35/h1-20,23,30H,21-22H2/b20-19+. The fraction of sp³-hybridized carbons (Fsp3) is 0.133. The average Bonchev–Trinajstić information content (AvgIpc) is 3.62. The van der Waals surface area contributed by atoms with Crippen molar-refractivity contribution in [2.24, 2.45) is 5.92 Å². The second kappa shape index (κ2) is 11.3. The highest BCUT2D eigenvalue weighted by atomic mass is 32.2. The molecule has 0 fully saturated rings. The Hall–Kier alpha value is -4.68. The van der Waals surface area contributed by atoms with E-state index < -0.39 is 36.6 Å². The van der Waals surface area contributed by atoms with E-state index in [0.717, 1.165) is 0 Å². The molecule has 42 heavy (non-hydrogen) atoms. The maximum absolute atomic E-state index is 14.3. The lowest BCUT2D eigenvalue weighted by atomic mass is 10.1. The Morgan fingerprint density at radius 2 is 1.19 bits per heavy atom. The van der Waals surface area contributed by atoms with Crippen molar-refractivity contribution < 1.29 is 16.8 Å². The molecular formula is C30H26N6O4S2. The summed E-state index contributed by atoms with van der Waals surface area (Å²) in [6, 6.07) is 30.6. The molecule has 0 aliphatic rings. The smallest absolute Gasteiger partial charge is 0.185 e. The van der Waals surface area contributed by atoms with Gasteiger partial charge in [0.2, 0.25) is 0 Å². The number of hydrogen-bond donors (Lipinski definition) is 0. The molecule has 0 saturated carbocycles. The third-order valence-corrected chi connectivity index (χ3v) is 11.1. The van der Waals surface area contributed by atoms with Crippen molar-refractivity contribution in [3.05, 3.63) is 115 Å². The van der Waals surface area contributed by atoms with Crippen molar-refractivity contribution in [2.45, 2.75) is 21.6 Å². The van der Waals surface area contributed by atoms with Gasteiger partial charge in [-0.3, -0.25) is 0 Å². The van der Waals surface area contributed by atoms with Gasteiger partial charge < -0.3 is 0 Å². The highest BCUT2D eigenvalue weighted by Gasteiger charge is 2.37. The van der Waals surface area contributed by atoms with E-state index in [9.17, 15) is 16.8 Å². The molecule has 12 heteroatoms. The highest BCUT2D eigenvalue weighted by Crippen LogP contribution is 2.29. The molecule has 6 aromatic rings. The van der Waals surface area contributed by atoms with E-state index in [1.807, 2.05) is 36.4 Å². The zero-order valence-corrected chi connectivity index (χ0v) is 23.9. The minimum atomic E-state index is -4.09. The lowest BCUT2D eigenvalue weighted by Crippen LogP contribution is -2.36. The quantitative estimate of drug-likeness (QED) is 0.229. The van der Waals surface area contributed by atoms with E-state index in [0.29, 0.717) is 22.1 Å². The molecule has 2 unspecified atom stereocenters. The monoisotopic (exact) mass is 598 g/mol. The van der Waals surface area contributed by atoms with E-state index in [1.54, 1.807) is 53.2 Å². The van der Waals surface area contributed by atoms with Crippen LogP contribution in [0, 0.1) is 5.92 Å².